The van der Waals surface area contributed by atoms with E-state index in [1.165, 1.54) is 0 Å². The summed E-state index contributed by atoms with van der Waals surface area (Å²) >= 11 is 0. The molecule has 6 heteroatoms. The number of ether oxygens (including phenoxy) is 2. The highest BCUT2D eigenvalue weighted by atomic mass is 28.4. The number of fused-ring (bicyclic) bond motifs is 2. The fourth-order valence-corrected chi connectivity index (χ4v) is 6.70. The number of carbonyl (C=O) groups is 2. The summed E-state index contributed by atoms with van der Waals surface area (Å²) in [5.41, 5.74) is -0.524. The van der Waals surface area contributed by atoms with E-state index in [4.69, 9.17) is 13.9 Å². The van der Waals surface area contributed by atoms with E-state index in [1.807, 2.05) is 0 Å². The molecule has 1 spiro atoms. The summed E-state index contributed by atoms with van der Waals surface area (Å²) in [6.07, 6.45) is 4.91. The zero-order valence-electron chi connectivity index (χ0n) is 16.7. The molecule has 0 aromatic carbocycles. The number of hydrogen-bond acceptors (Lipinski definition) is 5. The first-order valence-corrected chi connectivity index (χ1v) is 12.5. The molecule has 2 aliphatic carbocycles. The van der Waals surface area contributed by atoms with Crippen LogP contribution < -0.4 is 0 Å². The van der Waals surface area contributed by atoms with Crippen LogP contribution in [0.25, 0.3) is 0 Å². The molecule has 4 rings (SSSR count). The Morgan fingerprint density at radius 3 is 2.69 bits per heavy atom. The third-order valence-corrected chi connectivity index (χ3v) is 12.3. The first-order valence-electron chi connectivity index (χ1n) is 9.62. The summed E-state index contributed by atoms with van der Waals surface area (Å²) in [5.74, 6) is -0.237. The predicted molar refractivity (Wildman–Crippen MR) is 99.2 cm³/mol. The maximum absolute atomic E-state index is 12.4. The number of epoxide rings is 1. The van der Waals surface area contributed by atoms with E-state index in [0.29, 0.717) is 19.4 Å². The Kier molecular flexibility index (Phi) is 3.60. The van der Waals surface area contributed by atoms with Gasteiger partial charge in [0.15, 0.2) is 8.32 Å². The van der Waals surface area contributed by atoms with Crippen LogP contribution in [0.5, 0.6) is 0 Å². The summed E-state index contributed by atoms with van der Waals surface area (Å²) in [7, 11) is -1.99. The molecule has 1 saturated carbocycles. The van der Waals surface area contributed by atoms with Gasteiger partial charge in [0.2, 0.25) is 5.60 Å². The van der Waals surface area contributed by atoms with Crippen molar-refractivity contribution in [3.05, 3.63) is 11.6 Å². The van der Waals surface area contributed by atoms with E-state index >= 15 is 0 Å². The standard InChI is InChI=1S/C20H30O5Si/c1-17(2,3)26(5,6)25-14-8-7-13-18(4)12-23-16(22)20(18)15(24-20)11-19(13,14)9-10-21/h7,10,14-15H,8-9,11-12H2,1-6H3/t14-,15+,18+,19-,20-/m1/s1. The smallest absolute Gasteiger partial charge is 0.342 e. The average molecular weight is 379 g/mol. The van der Waals surface area contributed by atoms with Gasteiger partial charge in [-0.25, -0.2) is 4.79 Å². The lowest BCUT2D eigenvalue weighted by Gasteiger charge is -2.49. The second kappa shape index (κ2) is 5.09. The molecule has 2 aliphatic heterocycles. The molecule has 4 aliphatic rings. The number of carbonyl (C=O) groups excluding carboxylic acids is 2. The molecule has 0 amide bonds. The molecule has 2 saturated heterocycles. The zero-order valence-corrected chi connectivity index (χ0v) is 17.7. The number of esters is 1. The van der Waals surface area contributed by atoms with Crippen LogP contribution in [0, 0.1) is 10.8 Å². The Bertz CT molecular complexity index is 707. The maximum atomic E-state index is 12.4. The monoisotopic (exact) mass is 378 g/mol. The highest BCUT2D eigenvalue weighted by molar-refractivity contribution is 6.74. The maximum Gasteiger partial charge on any atom is 0.342 e. The molecule has 0 aromatic rings. The van der Waals surface area contributed by atoms with E-state index in [0.717, 1.165) is 18.3 Å². The molecule has 26 heavy (non-hydrogen) atoms. The van der Waals surface area contributed by atoms with Crippen LogP contribution in [0.1, 0.15) is 47.0 Å². The van der Waals surface area contributed by atoms with Gasteiger partial charge in [0.05, 0.1) is 11.5 Å². The first-order chi connectivity index (χ1) is 11.9. The van der Waals surface area contributed by atoms with Gasteiger partial charge in [-0.2, -0.15) is 0 Å². The highest BCUT2D eigenvalue weighted by Gasteiger charge is 2.83. The van der Waals surface area contributed by atoms with Crippen LogP contribution in [-0.4, -0.2) is 45.0 Å². The minimum atomic E-state index is -1.99. The van der Waals surface area contributed by atoms with Gasteiger partial charge in [-0.05, 0) is 37.9 Å². The summed E-state index contributed by atoms with van der Waals surface area (Å²) in [6.45, 7) is 13.6. The molecule has 0 radical (unpaired) electrons. The van der Waals surface area contributed by atoms with Crippen LogP contribution in [0.15, 0.2) is 11.6 Å². The highest BCUT2D eigenvalue weighted by Crippen LogP contribution is 2.72. The molecule has 0 unspecified atom stereocenters. The van der Waals surface area contributed by atoms with E-state index in [9.17, 15) is 9.59 Å². The van der Waals surface area contributed by atoms with Crippen molar-refractivity contribution in [2.24, 2.45) is 10.8 Å². The lowest BCUT2D eigenvalue weighted by Crippen LogP contribution is -2.55. The third-order valence-electron chi connectivity index (χ3n) is 7.86. The van der Waals surface area contributed by atoms with Crippen molar-refractivity contribution in [2.75, 3.05) is 6.61 Å². The molecule has 144 valence electrons. The first kappa shape index (κ1) is 18.4. The minimum absolute atomic E-state index is 0.0293. The van der Waals surface area contributed by atoms with Crippen molar-refractivity contribution in [1.29, 1.82) is 0 Å². The summed E-state index contributed by atoms with van der Waals surface area (Å²) in [5, 5.41) is 0.100. The van der Waals surface area contributed by atoms with Gasteiger partial charge in [-0.1, -0.05) is 32.4 Å². The molecule has 0 N–H and O–H groups in total. The van der Waals surface area contributed by atoms with Crippen LogP contribution in [0.2, 0.25) is 18.1 Å². The van der Waals surface area contributed by atoms with Crippen LogP contribution in [0.4, 0.5) is 0 Å². The summed E-state index contributed by atoms with van der Waals surface area (Å²) < 4.78 is 18.2. The van der Waals surface area contributed by atoms with Crippen molar-refractivity contribution in [1.82, 2.24) is 0 Å². The molecule has 5 atom stereocenters. The Hall–Kier alpha value is -0.983. The second-order valence-corrected chi connectivity index (χ2v) is 15.0. The third kappa shape index (κ3) is 1.98. The Balaban J connectivity index is 1.73. The lowest BCUT2D eigenvalue weighted by atomic mass is 9.55. The van der Waals surface area contributed by atoms with E-state index < -0.39 is 19.3 Å². The minimum Gasteiger partial charge on any atom is -0.462 e. The van der Waals surface area contributed by atoms with E-state index in [1.54, 1.807) is 0 Å². The molecule has 2 heterocycles. The Labute approximate surface area is 156 Å². The molecular weight excluding hydrogens is 348 g/mol. The van der Waals surface area contributed by atoms with Crippen LogP contribution in [-0.2, 0) is 23.5 Å². The van der Waals surface area contributed by atoms with Gasteiger partial charge in [0.25, 0.3) is 0 Å². The number of cyclic esters (lactones) is 1. The Morgan fingerprint density at radius 2 is 2.08 bits per heavy atom. The van der Waals surface area contributed by atoms with Crippen molar-refractivity contribution in [2.45, 2.75) is 82.9 Å². The van der Waals surface area contributed by atoms with Gasteiger partial charge in [-0.15, -0.1) is 0 Å². The zero-order chi connectivity index (χ0) is 19.2. The number of hydrogen-bond donors (Lipinski definition) is 0. The quantitative estimate of drug-likeness (QED) is 0.247. The summed E-state index contributed by atoms with van der Waals surface area (Å²) in [4.78, 5) is 24.1. The van der Waals surface area contributed by atoms with Crippen LogP contribution in [0.3, 0.4) is 0 Å². The van der Waals surface area contributed by atoms with Gasteiger partial charge < -0.3 is 18.7 Å². The topological polar surface area (TPSA) is 65.1 Å². The molecule has 5 nitrogen and oxygen atoms in total. The number of aldehydes is 1. The number of rotatable bonds is 4. The summed E-state index contributed by atoms with van der Waals surface area (Å²) in [6, 6.07) is 0. The van der Waals surface area contributed by atoms with E-state index in [-0.39, 0.29) is 28.6 Å². The fourth-order valence-electron chi connectivity index (χ4n) is 5.31. The fraction of sp³-hybridized carbons (Fsp3) is 0.800. The van der Waals surface area contributed by atoms with E-state index in [2.05, 4.69) is 46.9 Å². The van der Waals surface area contributed by atoms with Gasteiger partial charge >= 0.3 is 5.97 Å². The van der Waals surface area contributed by atoms with Crippen LogP contribution >= 0.6 is 0 Å². The van der Waals surface area contributed by atoms with Gasteiger partial charge in [0.1, 0.15) is 19.0 Å². The van der Waals surface area contributed by atoms with Crippen molar-refractivity contribution >= 4 is 20.6 Å². The molecule has 0 bridgehead atoms. The SMILES string of the molecule is CC(C)(C)[Si](C)(C)O[C@@H]1CC=C2[C@@]1(CC=O)C[C@@H]1O[C@@]13C(=O)OC[C@@]23C. The average Bonchev–Trinajstić information content (AvgIpc) is 3.08. The molecular formula is C20H30O5Si. The Morgan fingerprint density at radius 1 is 1.38 bits per heavy atom. The largest absolute Gasteiger partial charge is 0.462 e. The molecule has 3 fully saturated rings. The predicted octanol–water partition coefficient (Wildman–Crippen LogP) is 3.39. The van der Waals surface area contributed by atoms with Gasteiger partial charge in [-0.3, -0.25) is 0 Å². The van der Waals surface area contributed by atoms with Crippen molar-refractivity contribution < 1.29 is 23.5 Å². The lowest BCUT2D eigenvalue weighted by molar-refractivity contribution is -0.142. The normalized spacial score (nSPS) is 43.9. The molecule has 0 aromatic heterocycles. The second-order valence-electron chi connectivity index (χ2n) is 10.2. The van der Waals surface area contributed by atoms with Crippen molar-refractivity contribution in [3.8, 4) is 0 Å². The van der Waals surface area contributed by atoms with Gasteiger partial charge in [0, 0.05) is 11.8 Å². The van der Waals surface area contributed by atoms with Crippen molar-refractivity contribution in [3.63, 3.8) is 0 Å².